The first kappa shape index (κ1) is 22.0. The molecule has 0 unspecified atom stereocenters. The molecule has 6 nitrogen and oxygen atoms in total. The second kappa shape index (κ2) is 9.48. The largest absolute Gasteiger partial charge is 0.471 e. The Kier molecular flexibility index (Phi) is 6.50. The topological polar surface area (TPSA) is 56.6 Å². The Morgan fingerprint density at radius 3 is 2.34 bits per heavy atom. The Morgan fingerprint density at radius 1 is 1.06 bits per heavy atom. The molecule has 2 atom stereocenters. The number of carbonyl (C=O) groups excluding carboxylic acids is 1. The molecule has 8 heteroatoms. The van der Waals surface area contributed by atoms with Gasteiger partial charge in [-0.2, -0.15) is 0 Å². The van der Waals surface area contributed by atoms with Gasteiger partial charge in [0.05, 0.1) is 18.8 Å². The number of carbonyl (C=O) groups is 1. The van der Waals surface area contributed by atoms with Gasteiger partial charge in [-0.25, -0.2) is 8.78 Å². The van der Waals surface area contributed by atoms with E-state index < -0.39 is 0 Å². The molecular formula is C24H25F2N3O3. The molecule has 2 aromatic carbocycles. The quantitative estimate of drug-likeness (QED) is 0.580. The Morgan fingerprint density at radius 2 is 1.69 bits per heavy atom. The number of nitrogens with zero attached hydrogens (tertiary/aromatic N) is 3. The van der Waals surface area contributed by atoms with E-state index >= 15 is 0 Å². The summed E-state index contributed by atoms with van der Waals surface area (Å²) in [5, 5.41) is 4.43. The number of aromatic nitrogens is 2. The highest BCUT2D eigenvalue weighted by Crippen LogP contribution is 2.23. The fourth-order valence-corrected chi connectivity index (χ4v) is 3.85. The van der Waals surface area contributed by atoms with E-state index in [1.54, 1.807) is 40.0 Å². The monoisotopic (exact) mass is 441 g/mol. The van der Waals surface area contributed by atoms with Gasteiger partial charge in [-0.3, -0.25) is 9.48 Å². The molecule has 1 saturated heterocycles. The van der Waals surface area contributed by atoms with Gasteiger partial charge in [0, 0.05) is 19.3 Å². The van der Waals surface area contributed by atoms with Crippen LogP contribution in [0.3, 0.4) is 0 Å². The number of halogens is 2. The predicted octanol–water partition coefficient (Wildman–Crippen LogP) is 4.04. The summed E-state index contributed by atoms with van der Waals surface area (Å²) < 4.78 is 40.2. The number of hydrogen-bond acceptors (Lipinski definition) is 4. The SMILES string of the molecule is C[C@@H]1CN(C(=O)c2cn(Cc3cccc(F)c3)nc2OCc2cccc(F)c2)C[C@H](C)O1. The fraction of sp³-hybridized carbons (Fsp3) is 0.333. The average molecular weight is 441 g/mol. The maximum absolute atomic E-state index is 13.6. The van der Waals surface area contributed by atoms with Gasteiger partial charge in [0.15, 0.2) is 0 Å². The van der Waals surface area contributed by atoms with E-state index in [1.807, 2.05) is 13.8 Å². The van der Waals surface area contributed by atoms with Crippen LogP contribution >= 0.6 is 0 Å². The Balaban J connectivity index is 1.59. The summed E-state index contributed by atoms with van der Waals surface area (Å²) in [6.07, 6.45) is 1.45. The van der Waals surface area contributed by atoms with Crippen LogP contribution in [0.1, 0.15) is 35.3 Å². The highest BCUT2D eigenvalue weighted by Gasteiger charge is 2.30. The molecule has 32 heavy (non-hydrogen) atoms. The lowest BCUT2D eigenvalue weighted by molar-refractivity contribution is -0.0586. The third-order valence-corrected chi connectivity index (χ3v) is 5.16. The van der Waals surface area contributed by atoms with Crippen molar-refractivity contribution in [1.29, 1.82) is 0 Å². The number of amides is 1. The molecule has 0 N–H and O–H groups in total. The van der Waals surface area contributed by atoms with Crippen molar-refractivity contribution in [3.05, 3.63) is 83.1 Å². The van der Waals surface area contributed by atoms with Crippen molar-refractivity contribution in [2.45, 2.75) is 39.2 Å². The smallest absolute Gasteiger partial charge is 0.261 e. The first-order chi connectivity index (χ1) is 15.4. The molecule has 1 aliphatic heterocycles. The van der Waals surface area contributed by atoms with Crippen LogP contribution < -0.4 is 4.74 Å². The lowest BCUT2D eigenvalue weighted by atomic mass is 10.2. The highest BCUT2D eigenvalue weighted by molar-refractivity contribution is 5.96. The van der Waals surface area contributed by atoms with E-state index in [4.69, 9.17) is 9.47 Å². The van der Waals surface area contributed by atoms with E-state index in [1.165, 1.54) is 24.3 Å². The molecule has 4 rings (SSSR count). The van der Waals surface area contributed by atoms with Gasteiger partial charge in [-0.05, 0) is 49.2 Å². The van der Waals surface area contributed by atoms with Crippen molar-refractivity contribution >= 4 is 5.91 Å². The zero-order valence-corrected chi connectivity index (χ0v) is 18.0. The van der Waals surface area contributed by atoms with Crippen LogP contribution in [0, 0.1) is 11.6 Å². The summed E-state index contributed by atoms with van der Waals surface area (Å²) in [4.78, 5) is 15.0. The second-order valence-electron chi connectivity index (χ2n) is 8.06. The van der Waals surface area contributed by atoms with Crippen LogP contribution in [-0.2, 0) is 17.9 Å². The number of ether oxygens (including phenoxy) is 2. The Hall–Kier alpha value is -3.26. The van der Waals surface area contributed by atoms with Crippen molar-refractivity contribution in [3.8, 4) is 5.88 Å². The van der Waals surface area contributed by atoms with E-state index in [9.17, 15) is 13.6 Å². The number of hydrogen-bond donors (Lipinski definition) is 0. The maximum Gasteiger partial charge on any atom is 0.261 e. The van der Waals surface area contributed by atoms with Gasteiger partial charge >= 0.3 is 0 Å². The zero-order chi connectivity index (χ0) is 22.7. The molecule has 0 bridgehead atoms. The molecular weight excluding hydrogens is 416 g/mol. The first-order valence-corrected chi connectivity index (χ1v) is 10.5. The molecule has 0 spiro atoms. The number of morpholine rings is 1. The molecule has 1 aliphatic rings. The molecule has 168 valence electrons. The number of benzene rings is 2. The summed E-state index contributed by atoms with van der Waals surface area (Å²) in [7, 11) is 0. The van der Waals surface area contributed by atoms with Gasteiger partial charge in [-0.1, -0.05) is 24.3 Å². The van der Waals surface area contributed by atoms with Crippen molar-refractivity contribution in [3.63, 3.8) is 0 Å². The molecule has 0 saturated carbocycles. The first-order valence-electron chi connectivity index (χ1n) is 10.5. The summed E-state index contributed by atoms with van der Waals surface area (Å²) in [6, 6.07) is 12.3. The minimum atomic E-state index is -0.365. The van der Waals surface area contributed by atoms with Crippen LogP contribution in [0.2, 0.25) is 0 Å². The van der Waals surface area contributed by atoms with Gasteiger partial charge in [0.2, 0.25) is 5.88 Å². The van der Waals surface area contributed by atoms with Crippen LogP contribution in [-0.4, -0.2) is 45.9 Å². The van der Waals surface area contributed by atoms with E-state index in [0.717, 1.165) is 0 Å². The molecule has 1 aromatic heterocycles. The number of rotatable bonds is 6. The Bertz CT molecular complexity index is 1090. The third-order valence-electron chi connectivity index (χ3n) is 5.16. The summed E-state index contributed by atoms with van der Waals surface area (Å²) in [5.74, 6) is -0.769. The van der Waals surface area contributed by atoms with Crippen molar-refractivity contribution in [2.24, 2.45) is 0 Å². The van der Waals surface area contributed by atoms with Crippen LogP contribution in [0.4, 0.5) is 8.78 Å². The molecule has 0 aliphatic carbocycles. The minimum absolute atomic E-state index is 0.0605. The highest BCUT2D eigenvalue weighted by atomic mass is 19.1. The second-order valence-corrected chi connectivity index (χ2v) is 8.06. The summed E-state index contributed by atoms with van der Waals surface area (Å²) >= 11 is 0. The van der Waals surface area contributed by atoms with Crippen molar-refractivity contribution < 1.29 is 23.0 Å². The molecule has 2 heterocycles. The van der Waals surface area contributed by atoms with Gasteiger partial charge < -0.3 is 14.4 Å². The van der Waals surface area contributed by atoms with Crippen LogP contribution in [0.5, 0.6) is 5.88 Å². The van der Waals surface area contributed by atoms with Crippen molar-refractivity contribution in [2.75, 3.05) is 13.1 Å². The molecule has 3 aromatic rings. The fourth-order valence-electron chi connectivity index (χ4n) is 3.85. The lowest BCUT2D eigenvalue weighted by Gasteiger charge is -2.35. The van der Waals surface area contributed by atoms with Gasteiger partial charge in [0.25, 0.3) is 5.91 Å². The normalized spacial score (nSPS) is 18.6. The molecule has 1 fully saturated rings. The van der Waals surface area contributed by atoms with Crippen LogP contribution in [0.15, 0.2) is 54.7 Å². The minimum Gasteiger partial charge on any atom is -0.471 e. The van der Waals surface area contributed by atoms with Crippen molar-refractivity contribution in [1.82, 2.24) is 14.7 Å². The van der Waals surface area contributed by atoms with E-state index in [0.29, 0.717) is 29.8 Å². The summed E-state index contributed by atoms with van der Waals surface area (Å²) in [5.41, 5.74) is 1.63. The summed E-state index contributed by atoms with van der Waals surface area (Å²) in [6.45, 7) is 5.10. The maximum atomic E-state index is 13.6. The lowest BCUT2D eigenvalue weighted by Crippen LogP contribution is -2.48. The zero-order valence-electron chi connectivity index (χ0n) is 18.0. The van der Waals surface area contributed by atoms with Gasteiger partial charge in [0.1, 0.15) is 23.8 Å². The van der Waals surface area contributed by atoms with E-state index in [-0.39, 0.29) is 48.8 Å². The third kappa shape index (κ3) is 5.31. The molecule has 0 radical (unpaired) electrons. The van der Waals surface area contributed by atoms with Gasteiger partial charge in [-0.15, -0.1) is 5.10 Å². The Labute approximate surface area is 185 Å². The molecule has 1 amide bonds. The standard InChI is InChI=1S/C24H25F2N3O3/c1-16-11-28(12-17(2)32-16)24(30)22-14-29(13-18-5-3-7-20(25)9-18)27-23(22)31-15-19-6-4-8-21(26)10-19/h3-10,14,16-17H,11-13,15H2,1-2H3/t16-,17+. The predicted molar refractivity (Wildman–Crippen MR) is 114 cm³/mol. The van der Waals surface area contributed by atoms with E-state index in [2.05, 4.69) is 5.10 Å². The average Bonchev–Trinajstić information content (AvgIpc) is 3.13. The van der Waals surface area contributed by atoms with Crippen LogP contribution in [0.25, 0.3) is 0 Å².